The number of para-hydroxylation sites is 1. The molecule has 7 aliphatic carbocycles. The van der Waals surface area contributed by atoms with Crippen molar-refractivity contribution in [1.29, 1.82) is 0 Å². The molecule has 0 amide bonds. The summed E-state index contributed by atoms with van der Waals surface area (Å²) in [5.41, 5.74) is 5.61. The molecule has 7 saturated carbocycles. The van der Waals surface area contributed by atoms with E-state index in [1.54, 1.807) is 11.3 Å². The highest BCUT2D eigenvalue weighted by Gasteiger charge is 2.55. The van der Waals surface area contributed by atoms with Crippen LogP contribution >= 0.6 is 79.1 Å². The van der Waals surface area contributed by atoms with Crippen molar-refractivity contribution < 1.29 is 75.9 Å². The van der Waals surface area contributed by atoms with Gasteiger partial charge in [0.25, 0.3) is 0 Å². The Hall–Kier alpha value is -4.40. The van der Waals surface area contributed by atoms with Gasteiger partial charge in [-0.3, -0.25) is 0 Å². The molecule has 6 unspecified atom stereocenters. The summed E-state index contributed by atoms with van der Waals surface area (Å²) in [4.78, 5) is 40.7. The Bertz CT molecular complexity index is 3960. The zero-order chi connectivity index (χ0) is 87.7. The van der Waals surface area contributed by atoms with Gasteiger partial charge in [0, 0.05) is 51.0 Å². The maximum Gasteiger partial charge on any atom is 0.335 e. The molecule has 39 heteroatoms. The van der Waals surface area contributed by atoms with Gasteiger partial charge in [0.05, 0.1) is 116 Å². The van der Waals surface area contributed by atoms with E-state index in [1.165, 1.54) is 12.8 Å². The number of nitrogens with zero attached hydrogens (tertiary/aromatic N) is 9. The molecule has 8 aliphatic rings. The standard InChI is InChI=1S/C23H29N5O2S.2C14H22IN3O.C13H20IN3O2.C8H17NO2.C7H13NO2.3O2S/c1-12-15(11-29)9-17(20(12)30)26-21-19(22-27-16-5-3-4-6-18(16)31-22)13(2)25-23(28-21)24-10-14-7-8-14;2*1-5-10-6-11(13(19)7(10)2)18-14-12(15)8(3)16-9(4)17-14;1-6-9(5-18)4-10(12(6)19)17-13-11(14)7(2)15-8(3)16-13;1-5-6(4-10)3-7(9-2)8(5)11;1-8-5-2-4(3-9)6-7(5)10-6;3*1-3-2/h3-6,12,14-15,17,20,29-30H,7-11H2,1-2H3,(H2,24,25,26,28);2*7,10-11,13,19H,5-6H2,1-4H3,(H,16,17,18);6,9-10,12,18-19H,4-5H2,1-3H3,(H,15,16,17);5-11H,3-4H2,1-2H3;4-9H,2-3H2,1H3;;;/t12-,15+,17+,20+;2*7-,10?,11+,13+;6-,9?,10+,12+;5-,6?,7+,8+;4?,5-,6-,7?;;;/m000001.../s1. The number of hydrogen-bond donors (Lipinski definition) is 16. The van der Waals surface area contributed by atoms with Crippen LogP contribution in [0.5, 0.6) is 0 Å². The lowest BCUT2D eigenvalue weighted by Gasteiger charge is -2.21. The summed E-state index contributed by atoms with van der Waals surface area (Å²) in [6.45, 7) is 29.8. The Morgan fingerprint density at radius 3 is 1.08 bits per heavy atom. The average molecular weight is 2060 g/mol. The molecule has 6 heterocycles. The number of aryl methyl sites for hydroxylation is 7. The maximum atomic E-state index is 10.8. The quantitative estimate of drug-likeness (QED) is 0.0255. The Kier molecular flexibility index (Phi) is 43.3. The predicted octanol–water partition coefficient (Wildman–Crippen LogP) is 7.90. The van der Waals surface area contributed by atoms with Crippen LogP contribution in [0.25, 0.3) is 20.8 Å². The van der Waals surface area contributed by atoms with Gasteiger partial charge in [-0.1, -0.05) is 73.4 Å². The molecule has 5 aromatic heterocycles. The number of anilines is 5. The van der Waals surface area contributed by atoms with Crippen molar-refractivity contribution in [1.82, 2.24) is 55.5 Å². The second kappa shape index (κ2) is 49.9. The lowest BCUT2D eigenvalue weighted by atomic mass is 9.95. The molecular weight excluding hydrogens is 1940 g/mol. The van der Waals surface area contributed by atoms with Crippen LogP contribution in [0.3, 0.4) is 0 Å². The highest BCUT2D eigenvalue weighted by Crippen LogP contribution is 2.45. The lowest BCUT2D eigenvalue weighted by molar-refractivity contribution is 0.0947. The molecule has 24 atom stereocenters. The third-order valence-corrected chi connectivity index (χ3v) is 29.4. The van der Waals surface area contributed by atoms with Crippen molar-refractivity contribution in [2.24, 2.45) is 71.0 Å². The minimum Gasteiger partial charge on any atom is -0.396 e. The zero-order valence-corrected chi connectivity index (χ0v) is 79.8. The maximum absolute atomic E-state index is 10.8. The summed E-state index contributed by atoms with van der Waals surface area (Å²) >= 11 is 6.12. The lowest BCUT2D eigenvalue weighted by Crippen LogP contribution is -2.34. The van der Waals surface area contributed by atoms with E-state index in [2.05, 4.69) is 169 Å². The first-order chi connectivity index (χ1) is 56.1. The molecule has 16 N–H and O–H groups in total. The summed E-state index contributed by atoms with van der Waals surface area (Å²) in [7, 11) is 3.80. The first-order valence-electron chi connectivity index (χ1n) is 40.3. The topological polar surface area (TPSA) is 497 Å². The van der Waals surface area contributed by atoms with Crippen LogP contribution in [0.1, 0.15) is 153 Å². The monoisotopic (exact) mass is 2060 g/mol. The minimum absolute atomic E-state index is 0.0313. The summed E-state index contributed by atoms with van der Waals surface area (Å²) in [5.74, 6) is 9.90. The number of benzene rings is 1. The number of likely N-dealkylation sites (N-methyl/N-ethyl adjacent to an activating group) is 2. The van der Waals surface area contributed by atoms with Crippen LogP contribution in [0.15, 0.2) is 24.3 Å². The largest absolute Gasteiger partial charge is 0.396 e. The molecule has 1 aliphatic heterocycles. The molecule has 660 valence electrons. The van der Waals surface area contributed by atoms with E-state index in [-0.39, 0.29) is 110 Å². The number of aliphatic hydroxyl groups excluding tert-OH is 9. The van der Waals surface area contributed by atoms with Crippen molar-refractivity contribution in [2.75, 3.05) is 73.7 Å². The fourth-order valence-electron chi connectivity index (χ4n) is 16.8. The fourth-order valence-corrected chi connectivity index (χ4v) is 19.1. The Morgan fingerprint density at radius 1 is 0.432 bits per heavy atom. The molecule has 8 fully saturated rings. The number of ether oxygens (including phenoxy) is 1. The smallest absolute Gasteiger partial charge is 0.335 e. The number of aromatic nitrogens is 9. The number of rotatable bonds is 20. The van der Waals surface area contributed by atoms with E-state index >= 15 is 0 Å². The summed E-state index contributed by atoms with van der Waals surface area (Å²) in [6.07, 6.45) is 9.08. The number of thiazole rings is 1. The number of epoxide rings is 1. The minimum atomic E-state index is -0.750. The zero-order valence-electron chi connectivity index (χ0n) is 70.0. The number of aliphatic hydroxyl groups is 9. The van der Waals surface area contributed by atoms with E-state index in [9.17, 15) is 35.7 Å². The van der Waals surface area contributed by atoms with E-state index < -0.39 is 46.9 Å². The summed E-state index contributed by atoms with van der Waals surface area (Å²) < 4.78 is 59.3. The van der Waals surface area contributed by atoms with Crippen molar-refractivity contribution in [2.45, 2.75) is 240 Å². The van der Waals surface area contributed by atoms with E-state index in [0.29, 0.717) is 71.9 Å². The molecule has 6 aromatic rings. The van der Waals surface area contributed by atoms with Crippen LogP contribution in [-0.4, -0.2) is 242 Å². The molecular formula is C79H123I3N16O16S4. The number of hydrogen-bond acceptors (Lipinski definition) is 33. The molecule has 1 aromatic carbocycles. The van der Waals surface area contributed by atoms with Crippen molar-refractivity contribution in [3.63, 3.8) is 0 Å². The van der Waals surface area contributed by atoms with Gasteiger partial charge in [-0.15, -0.1) is 11.3 Å². The third-order valence-electron chi connectivity index (χ3n) is 24.5. The molecule has 1 saturated heterocycles. The summed E-state index contributed by atoms with van der Waals surface area (Å²) in [6, 6.07) is 8.71. The molecule has 14 rings (SSSR count). The van der Waals surface area contributed by atoms with E-state index in [1.807, 2.05) is 102 Å². The normalized spacial score (nSPS) is 30.4. The first kappa shape index (κ1) is 102. The van der Waals surface area contributed by atoms with Crippen LogP contribution in [0.4, 0.5) is 29.2 Å². The van der Waals surface area contributed by atoms with Gasteiger partial charge in [0.2, 0.25) is 5.95 Å². The Morgan fingerprint density at radius 2 is 0.771 bits per heavy atom. The molecule has 118 heavy (non-hydrogen) atoms. The second-order valence-electron chi connectivity index (χ2n) is 32.1. The molecule has 0 radical (unpaired) electrons. The Labute approximate surface area is 748 Å². The number of fused-ring (bicyclic) bond motifs is 2. The fraction of sp³-hybridized carbons (Fsp3) is 0.709. The van der Waals surface area contributed by atoms with Gasteiger partial charge >= 0.3 is 34.7 Å². The Balaban J connectivity index is 0.000000222. The molecule has 0 spiro atoms. The average Bonchev–Trinajstić information content (AvgIpc) is 1.60. The van der Waals surface area contributed by atoms with E-state index in [4.69, 9.17) is 55.2 Å². The second-order valence-corrected chi connectivity index (χ2v) is 36.7. The molecule has 0 bridgehead atoms. The van der Waals surface area contributed by atoms with Crippen molar-refractivity contribution >= 4 is 153 Å². The van der Waals surface area contributed by atoms with Gasteiger partial charge in [0.15, 0.2) is 0 Å². The summed E-state index contributed by atoms with van der Waals surface area (Å²) in [5, 5.41) is 112. The first-order valence-corrected chi connectivity index (χ1v) is 46.4. The van der Waals surface area contributed by atoms with Gasteiger partial charge in [-0.05, 0) is 259 Å². The highest BCUT2D eigenvalue weighted by molar-refractivity contribution is 14.1. The van der Waals surface area contributed by atoms with Crippen LogP contribution in [0, 0.1) is 130 Å². The number of nitrogens with one attached hydrogen (secondary N) is 7. The van der Waals surface area contributed by atoms with Crippen LogP contribution in [-0.2, 0) is 39.5 Å². The van der Waals surface area contributed by atoms with Crippen molar-refractivity contribution in [3.8, 4) is 10.6 Å². The highest BCUT2D eigenvalue weighted by atomic mass is 127. The van der Waals surface area contributed by atoms with Crippen molar-refractivity contribution in [3.05, 3.63) is 75.2 Å². The predicted molar refractivity (Wildman–Crippen MR) is 483 cm³/mol. The van der Waals surface area contributed by atoms with Crippen LogP contribution < -0.4 is 37.2 Å². The SMILES string of the molecule is CCC1C[C@@H](Nc2nc(C)nc(C)c2I)[C@H](O)[C@H]1C.CCC1C[C@@H](Nc2nc(C)nc(C)c2I)[C@H](O)[C@H]1C.CN[C@@H]1CC(CO)[C@H](C)[C@H]1O.CN[C@@H]1CC(CO)[C@H]2OC21.Cc1nc(C)c(I)c(N[C@@H]2CC(CO)[C@H](C)[C@H]2O)n1.Cc1nc(NCC2CC2)nc(N[C@@H]2C[C@H](CO)[C@H](C)[C@H]2O)c1-c1nc2ccccc2s1.O=S=O.O=S=O.O=S=O. The van der Waals surface area contributed by atoms with E-state index in [0.717, 1.165) is 141 Å². The number of halogens is 3. The van der Waals surface area contributed by atoms with Crippen LogP contribution in [0.2, 0.25) is 0 Å². The van der Waals surface area contributed by atoms with Gasteiger partial charge in [-0.2, -0.15) is 30.2 Å². The van der Waals surface area contributed by atoms with Gasteiger partial charge in [-0.25, -0.2) is 39.9 Å². The van der Waals surface area contributed by atoms with Gasteiger partial charge < -0.3 is 87.9 Å². The third kappa shape index (κ3) is 28.1. The van der Waals surface area contributed by atoms with Gasteiger partial charge in [0.1, 0.15) is 45.8 Å². The molecule has 32 nitrogen and oxygen atoms in total.